The Balaban J connectivity index is 2.48. The molecule has 0 aliphatic rings. The minimum atomic E-state index is -3.87. The van der Waals surface area contributed by atoms with Crippen molar-refractivity contribution in [2.45, 2.75) is 25.7 Å². The van der Waals surface area contributed by atoms with Gasteiger partial charge in [0, 0.05) is 5.69 Å². The van der Waals surface area contributed by atoms with E-state index in [1.165, 1.54) is 12.1 Å². The lowest BCUT2D eigenvalue weighted by atomic mass is 10.1. The molecule has 0 radical (unpaired) electrons. The molecule has 3 N–H and O–H groups in total. The van der Waals surface area contributed by atoms with Crippen LogP contribution in [-0.4, -0.2) is 8.42 Å². The molecule has 0 saturated heterocycles. The van der Waals surface area contributed by atoms with Gasteiger partial charge >= 0.3 is 0 Å². The van der Waals surface area contributed by atoms with Gasteiger partial charge in [0.2, 0.25) is 0 Å². The number of rotatable bonds is 3. The number of nitrogen functional groups attached to an aromatic ring is 1. The second-order valence-electron chi connectivity index (χ2n) is 5.07. The highest BCUT2D eigenvalue weighted by molar-refractivity contribution is 7.92. The van der Waals surface area contributed by atoms with Crippen LogP contribution < -0.4 is 10.5 Å². The van der Waals surface area contributed by atoms with Crippen molar-refractivity contribution < 1.29 is 12.8 Å². The Morgan fingerprint density at radius 3 is 2.14 bits per heavy atom. The Morgan fingerprint density at radius 2 is 1.62 bits per heavy atom. The Labute approximate surface area is 123 Å². The van der Waals surface area contributed by atoms with Gasteiger partial charge in [-0.25, -0.2) is 12.8 Å². The maximum Gasteiger partial charge on any atom is 0.262 e. The monoisotopic (exact) mass is 308 g/mol. The van der Waals surface area contributed by atoms with Crippen LogP contribution >= 0.6 is 0 Å². The van der Waals surface area contributed by atoms with Gasteiger partial charge in [0.15, 0.2) is 0 Å². The molecule has 6 heteroatoms. The summed E-state index contributed by atoms with van der Waals surface area (Å²) in [6, 6.07) is 7.48. The zero-order valence-electron chi connectivity index (χ0n) is 12.1. The van der Waals surface area contributed by atoms with E-state index in [0.29, 0.717) is 16.8 Å². The number of nitrogens with one attached hydrogen (secondary N) is 1. The Hall–Kier alpha value is -2.08. The Bertz CT molecular complexity index is 778. The van der Waals surface area contributed by atoms with E-state index < -0.39 is 15.8 Å². The number of benzene rings is 2. The molecule has 0 saturated carbocycles. The minimum Gasteiger partial charge on any atom is -0.399 e. The third kappa shape index (κ3) is 3.16. The average Bonchev–Trinajstić information content (AvgIpc) is 2.30. The van der Waals surface area contributed by atoms with Gasteiger partial charge in [-0.2, -0.15) is 0 Å². The summed E-state index contributed by atoms with van der Waals surface area (Å²) in [4.78, 5) is 0.122. The second kappa shape index (κ2) is 5.37. The summed E-state index contributed by atoms with van der Waals surface area (Å²) in [5, 5.41) is 0. The SMILES string of the molecule is Cc1ccc(NS(=O)(=O)c2c(C)cc(N)cc2C)c(F)c1. The normalized spacial score (nSPS) is 11.4. The van der Waals surface area contributed by atoms with Crippen molar-refractivity contribution in [1.82, 2.24) is 0 Å². The molecule has 0 aliphatic heterocycles. The molecule has 0 bridgehead atoms. The van der Waals surface area contributed by atoms with Crippen LogP contribution in [0.4, 0.5) is 15.8 Å². The van der Waals surface area contributed by atoms with Gasteiger partial charge < -0.3 is 5.73 Å². The molecule has 0 unspecified atom stereocenters. The predicted octanol–water partition coefficient (Wildman–Crippen LogP) is 3.13. The van der Waals surface area contributed by atoms with Crippen molar-refractivity contribution >= 4 is 21.4 Å². The lowest BCUT2D eigenvalue weighted by Crippen LogP contribution is -2.17. The van der Waals surface area contributed by atoms with Crippen LogP contribution in [0.5, 0.6) is 0 Å². The first-order valence-corrected chi connectivity index (χ1v) is 7.85. The van der Waals surface area contributed by atoms with Gasteiger partial charge in [-0.3, -0.25) is 4.72 Å². The molecule has 112 valence electrons. The van der Waals surface area contributed by atoms with Gasteiger partial charge in [-0.15, -0.1) is 0 Å². The fraction of sp³-hybridized carbons (Fsp3) is 0.200. The standard InChI is InChI=1S/C15H17FN2O2S/c1-9-4-5-14(13(16)6-9)18-21(19,20)15-10(2)7-12(17)8-11(15)3/h4-8,18H,17H2,1-3H3. The summed E-state index contributed by atoms with van der Waals surface area (Å²) >= 11 is 0. The van der Waals surface area contributed by atoms with Gasteiger partial charge in [-0.1, -0.05) is 6.07 Å². The van der Waals surface area contributed by atoms with E-state index in [2.05, 4.69) is 4.72 Å². The summed E-state index contributed by atoms with van der Waals surface area (Å²) < 4.78 is 41.0. The molecule has 4 nitrogen and oxygen atoms in total. The van der Waals surface area contributed by atoms with Crippen LogP contribution in [0.2, 0.25) is 0 Å². The molecule has 2 aromatic rings. The van der Waals surface area contributed by atoms with Crippen molar-refractivity contribution in [2.75, 3.05) is 10.5 Å². The van der Waals surface area contributed by atoms with Crippen molar-refractivity contribution in [3.05, 3.63) is 52.8 Å². The van der Waals surface area contributed by atoms with E-state index >= 15 is 0 Å². The van der Waals surface area contributed by atoms with E-state index in [4.69, 9.17) is 5.73 Å². The molecule has 0 heterocycles. The number of sulfonamides is 1. The van der Waals surface area contributed by atoms with Crippen LogP contribution in [0.3, 0.4) is 0 Å². The fourth-order valence-corrected chi connectivity index (χ4v) is 3.83. The molecule has 21 heavy (non-hydrogen) atoms. The second-order valence-corrected chi connectivity index (χ2v) is 6.69. The van der Waals surface area contributed by atoms with E-state index in [9.17, 15) is 12.8 Å². The lowest BCUT2D eigenvalue weighted by molar-refractivity contribution is 0.597. The average molecular weight is 308 g/mol. The summed E-state index contributed by atoms with van der Waals surface area (Å²) in [6.45, 7) is 5.04. The van der Waals surface area contributed by atoms with E-state index in [1.807, 2.05) is 0 Å². The largest absolute Gasteiger partial charge is 0.399 e. The predicted molar refractivity (Wildman–Crippen MR) is 82.3 cm³/mol. The molecule has 0 aromatic heterocycles. The number of nitrogens with two attached hydrogens (primary N) is 1. The van der Waals surface area contributed by atoms with Gasteiger partial charge in [0.25, 0.3) is 10.0 Å². The molecule has 0 spiro atoms. The number of hydrogen-bond donors (Lipinski definition) is 2. The molecule has 2 rings (SSSR count). The summed E-state index contributed by atoms with van der Waals surface area (Å²) in [7, 11) is -3.87. The zero-order valence-corrected chi connectivity index (χ0v) is 12.9. The van der Waals surface area contributed by atoms with Crippen LogP contribution in [0.25, 0.3) is 0 Å². The molecular formula is C15H17FN2O2S. The third-order valence-electron chi connectivity index (χ3n) is 3.12. The van der Waals surface area contributed by atoms with Crippen LogP contribution in [0, 0.1) is 26.6 Å². The molecule has 0 fully saturated rings. The maximum atomic E-state index is 13.8. The maximum absolute atomic E-state index is 13.8. The van der Waals surface area contributed by atoms with Crippen LogP contribution in [-0.2, 0) is 10.0 Å². The topological polar surface area (TPSA) is 72.2 Å². The number of anilines is 2. The number of aryl methyl sites for hydroxylation is 3. The summed E-state index contributed by atoms with van der Waals surface area (Å²) in [6.07, 6.45) is 0. The molecule has 0 aliphatic carbocycles. The highest BCUT2D eigenvalue weighted by atomic mass is 32.2. The summed E-state index contributed by atoms with van der Waals surface area (Å²) in [5.74, 6) is -0.607. The van der Waals surface area contributed by atoms with E-state index in [-0.39, 0.29) is 10.6 Å². The first-order chi connectivity index (χ1) is 9.70. The molecular weight excluding hydrogens is 291 g/mol. The first kappa shape index (κ1) is 15.3. The van der Waals surface area contributed by atoms with Crippen LogP contribution in [0.15, 0.2) is 35.2 Å². The fourth-order valence-electron chi connectivity index (χ4n) is 2.31. The van der Waals surface area contributed by atoms with E-state index in [0.717, 1.165) is 5.56 Å². The zero-order chi connectivity index (χ0) is 15.8. The highest BCUT2D eigenvalue weighted by Gasteiger charge is 2.21. The highest BCUT2D eigenvalue weighted by Crippen LogP contribution is 2.26. The van der Waals surface area contributed by atoms with Crippen LogP contribution in [0.1, 0.15) is 16.7 Å². The molecule has 0 amide bonds. The van der Waals surface area contributed by atoms with Gasteiger partial charge in [-0.05, 0) is 61.7 Å². The van der Waals surface area contributed by atoms with Crippen molar-refractivity contribution in [2.24, 2.45) is 0 Å². The quantitative estimate of drug-likeness (QED) is 0.856. The van der Waals surface area contributed by atoms with Crippen molar-refractivity contribution in [3.8, 4) is 0 Å². The Kier molecular flexibility index (Phi) is 3.91. The van der Waals surface area contributed by atoms with Gasteiger partial charge in [0.1, 0.15) is 5.82 Å². The first-order valence-electron chi connectivity index (χ1n) is 6.36. The van der Waals surface area contributed by atoms with Gasteiger partial charge in [0.05, 0.1) is 10.6 Å². The van der Waals surface area contributed by atoms with E-state index in [1.54, 1.807) is 39.0 Å². The number of hydrogen-bond acceptors (Lipinski definition) is 3. The third-order valence-corrected chi connectivity index (χ3v) is 4.79. The number of halogens is 1. The molecule has 2 aromatic carbocycles. The lowest BCUT2D eigenvalue weighted by Gasteiger charge is -2.14. The Morgan fingerprint density at radius 1 is 1.05 bits per heavy atom. The van der Waals surface area contributed by atoms with Crippen molar-refractivity contribution in [1.29, 1.82) is 0 Å². The van der Waals surface area contributed by atoms with Crippen molar-refractivity contribution in [3.63, 3.8) is 0 Å². The molecule has 0 atom stereocenters. The smallest absolute Gasteiger partial charge is 0.262 e. The minimum absolute atomic E-state index is 0.0729. The summed E-state index contributed by atoms with van der Waals surface area (Å²) in [5.41, 5.74) is 7.87.